The number of nitrogens with one attached hydrogen (secondary N) is 1. The summed E-state index contributed by atoms with van der Waals surface area (Å²) in [7, 11) is 1.97. The molecule has 2 unspecified atom stereocenters. The van der Waals surface area contributed by atoms with Gasteiger partial charge in [-0.1, -0.05) is 20.1 Å². The number of alkyl halides is 3. The van der Waals surface area contributed by atoms with Gasteiger partial charge in [0.1, 0.15) is 11.7 Å². The molecule has 0 spiro atoms. The summed E-state index contributed by atoms with van der Waals surface area (Å²) < 4.78 is 42.3. The normalized spacial score (nSPS) is 25.8. The Kier molecular flexibility index (Phi) is 9.84. The number of amidine groups is 1. The second-order valence-electron chi connectivity index (χ2n) is 12.6. The van der Waals surface area contributed by atoms with Crippen LogP contribution < -0.4 is 9.38 Å². The Hall–Kier alpha value is -2.37. The first-order chi connectivity index (χ1) is 19.7. The number of nitrogens with zero attached hydrogens (tertiary/aromatic N) is 6. The molecule has 2 N–H and O–H groups in total. The fraction of sp³-hybridized carbons (Fsp3) is 0.667. The number of hydrogen-bond acceptors (Lipinski definition) is 7. The summed E-state index contributed by atoms with van der Waals surface area (Å²) in [5.74, 6) is 0.370. The summed E-state index contributed by atoms with van der Waals surface area (Å²) in [6.07, 6.45) is -1.48. The Morgan fingerprint density at radius 2 is 1.81 bits per heavy atom. The number of halogens is 3. The van der Waals surface area contributed by atoms with E-state index < -0.39 is 17.6 Å². The number of likely N-dealkylation sites (tertiary alicyclic amines) is 1. The summed E-state index contributed by atoms with van der Waals surface area (Å²) in [4.78, 5) is 14.3. The van der Waals surface area contributed by atoms with Crippen molar-refractivity contribution in [2.75, 3.05) is 64.3 Å². The summed E-state index contributed by atoms with van der Waals surface area (Å²) in [5.41, 5.74) is 1.97. The first-order valence-corrected chi connectivity index (χ1v) is 15.6. The van der Waals surface area contributed by atoms with E-state index in [1.807, 2.05) is 36.1 Å². The third-order valence-corrected chi connectivity index (χ3v) is 10.8. The Morgan fingerprint density at radius 1 is 1.19 bits per heavy atom. The van der Waals surface area contributed by atoms with Crippen LogP contribution in [0.3, 0.4) is 0 Å². The number of aliphatic hydroxyl groups is 1. The largest absolute Gasteiger partial charge is 0.451 e. The molecule has 0 bridgehead atoms. The fourth-order valence-electron chi connectivity index (χ4n) is 6.20. The zero-order valence-electron chi connectivity index (χ0n) is 25.2. The van der Waals surface area contributed by atoms with Crippen molar-refractivity contribution in [2.45, 2.75) is 56.7 Å². The molecule has 3 fully saturated rings. The minimum Gasteiger partial charge on any atom is -0.390 e. The lowest BCUT2D eigenvalue weighted by molar-refractivity contribution is -0.145. The summed E-state index contributed by atoms with van der Waals surface area (Å²) in [6.45, 7) is 18.7. The quantitative estimate of drug-likeness (QED) is 0.183. The van der Waals surface area contributed by atoms with Crippen LogP contribution in [0.5, 0.6) is 0 Å². The van der Waals surface area contributed by atoms with Gasteiger partial charge in [-0.25, -0.2) is 4.98 Å². The van der Waals surface area contributed by atoms with Crippen LogP contribution >= 0.6 is 11.8 Å². The highest BCUT2D eigenvalue weighted by molar-refractivity contribution is 8.02. The number of anilines is 1. The number of piperazine rings is 1. The Bertz CT molecular complexity index is 1170. The van der Waals surface area contributed by atoms with E-state index in [0.29, 0.717) is 54.1 Å². The molecule has 12 heteroatoms. The van der Waals surface area contributed by atoms with Crippen molar-refractivity contribution < 1.29 is 18.3 Å². The van der Waals surface area contributed by atoms with Crippen LogP contribution in [0, 0.1) is 17.2 Å². The monoisotopic (exact) mass is 608 g/mol. The average Bonchev–Trinajstić information content (AvgIpc) is 2.92. The van der Waals surface area contributed by atoms with Crippen LogP contribution in [0.15, 0.2) is 36.4 Å². The first-order valence-electron chi connectivity index (χ1n) is 14.6. The van der Waals surface area contributed by atoms with Gasteiger partial charge in [0.25, 0.3) is 0 Å². The number of hydrogen-bond donors (Lipinski definition) is 2. The van der Waals surface area contributed by atoms with Crippen LogP contribution in [-0.4, -0.2) is 107 Å². The van der Waals surface area contributed by atoms with E-state index in [9.17, 15) is 18.3 Å². The molecule has 1 aromatic rings. The van der Waals surface area contributed by atoms with E-state index in [-0.39, 0.29) is 17.2 Å². The maximum atomic E-state index is 14.0. The van der Waals surface area contributed by atoms with E-state index in [0.717, 1.165) is 39.0 Å². The van der Waals surface area contributed by atoms with E-state index in [4.69, 9.17) is 5.41 Å². The molecule has 0 aromatic carbocycles. The second-order valence-corrected chi connectivity index (χ2v) is 13.7. The predicted octanol–water partition coefficient (Wildman–Crippen LogP) is 4.62. The van der Waals surface area contributed by atoms with Gasteiger partial charge < -0.3 is 14.9 Å². The maximum Gasteiger partial charge on any atom is 0.451 e. The third-order valence-electron chi connectivity index (χ3n) is 9.42. The molecule has 2 atom stereocenters. The third kappa shape index (κ3) is 7.22. The first kappa shape index (κ1) is 32.5. The zero-order chi connectivity index (χ0) is 30.9. The number of aromatic nitrogens is 2. The van der Waals surface area contributed by atoms with Gasteiger partial charge in [0.2, 0.25) is 11.6 Å². The molecular weight excluding hydrogens is 563 g/mol. The fourth-order valence-corrected chi connectivity index (χ4v) is 7.52. The number of quaternary nitrogens is 1. The lowest BCUT2D eigenvalue weighted by atomic mass is 9.80. The van der Waals surface area contributed by atoms with Crippen LogP contribution in [0.2, 0.25) is 0 Å². The molecule has 0 saturated carbocycles. The second kappa shape index (κ2) is 12.7. The Morgan fingerprint density at radius 3 is 2.33 bits per heavy atom. The van der Waals surface area contributed by atoms with Gasteiger partial charge >= 0.3 is 6.18 Å². The molecule has 4 heterocycles. The molecule has 4 rings (SSSR count). The molecule has 8 nitrogen and oxygen atoms in total. The number of rotatable bonds is 9. The van der Waals surface area contributed by atoms with Gasteiger partial charge in [0, 0.05) is 68.8 Å². The van der Waals surface area contributed by atoms with Crippen molar-refractivity contribution in [3.63, 3.8) is 0 Å². The molecule has 3 aliphatic heterocycles. The lowest BCUT2D eigenvalue weighted by Gasteiger charge is -2.49. The van der Waals surface area contributed by atoms with Crippen LogP contribution in [0.25, 0.3) is 0 Å². The molecule has 0 radical (unpaired) electrons. The molecular formula is C30H45F3N7OS+. The van der Waals surface area contributed by atoms with Gasteiger partial charge in [-0.05, 0) is 31.8 Å². The Labute approximate surface area is 252 Å². The molecule has 1 aromatic heterocycles. The summed E-state index contributed by atoms with van der Waals surface area (Å²) in [6, 6.07) is 2.00. The van der Waals surface area contributed by atoms with Crippen molar-refractivity contribution in [1.29, 1.82) is 5.41 Å². The van der Waals surface area contributed by atoms with Gasteiger partial charge in [-0.3, -0.25) is 14.8 Å². The minimum atomic E-state index is -4.64. The van der Waals surface area contributed by atoms with Crippen LogP contribution in [0.4, 0.5) is 24.8 Å². The number of thioether (sulfide) groups is 1. The average molecular weight is 609 g/mol. The standard InChI is InChI=1S/C30H45F3N7OS/c1-7-17-42-27(21(3)29(4,5)41)22-9-15-40(6,16-10-22)26-18-25(35-28(36-26)30(31,32)33)39-19-23(20-39)37-11-13-38(14-12-37)24(34)8-2/h8,17-18,21-23,27,34,41H,1-2,9-16,19-20H2,3-6H3/q+1. The zero-order valence-corrected chi connectivity index (χ0v) is 26.0. The summed E-state index contributed by atoms with van der Waals surface area (Å²) in [5, 5.41) is 20.7. The van der Waals surface area contributed by atoms with E-state index in [2.05, 4.69) is 40.7 Å². The lowest BCUT2D eigenvalue weighted by Crippen LogP contribution is -2.63. The van der Waals surface area contributed by atoms with Crippen molar-refractivity contribution in [1.82, 2.24) is 24.3 Å². The molecule has 232 valence electrons. The topological polar surface area (TPSA) is 79.6 Å². The van der Waals surface area contributed by atoms with Crippen molar-refractivity contribution in [3.8, 4) is 0 Å². The van der Waals surface area contributed by atoms with Crippen molar-refractivity contribution in [3.05, 3.63) is 42.3 Å². The Balaban J connectivity index is 1.47. The van der Waals surface area contributed by atoms with Gasteiger partial charge in [-0.2, -0.15) is 18.2 Å². The maximum absolute atomic E-state index is 14.0. The molecule has 0 aliphatic carbocycles. The molecule has 3 aliphatic rings. The molecule has 42 heavy (non-hydrogen) atoms. The van der Waals surface area contributed by atoms with Crippen molar-refractivity contribution >= 4 is 29.2 Å². The van der Waals surface area contributed by atoms with Crippen LogP contribution in [-0.2, 0) is 6.18 Å². The predicted molar refractivity (Wildman–Crippen MR) is 165 cm³/mol. The minimum absolute atomic E-state index is 0.00734. The van der Waals surface area contributed by atoms with Gasteiger partial charge in [-0.15, -0.1) is 17.5 Å². The van der Waals surface area contributed by atoms with Crippen molar-refractivity contribution in [2.24, 2.45) is 11.8 Å². The highest BCUT2D eigenvalue weighted by Gasteiger charge is 2.44. The van der Waals surface area contributed by atoms with E-state index in [1.54, 1.807) is 23.9 Å². The van der Waals surface area contributed by atoms with E-state index in [1.165, 1.54) is 0 Å². The van der Waals surface area contributed by atoms with Gasteiger partial charge in [0.05, 0.1) is 31.8 Å². The van der Waals surface area contributed by atoms with E-state index >= 15 is 0 Å². The number of piperidine rings is 1. The SMILES string of the molecule is C=C=CSC(C1CC[N+](C)(c2cc(N3CC(N4CCN(C(=N)C=C)CC4)C3)nc(C(F)(F)F)n2)CC1)C(C)C(C)(C)O. The van der Waals surface area contributed by atoms with Gasteiger partial charge in [0.15, 0.2) is 0 Å². The summed E-state index contributed by atoms with van der Waals surface area (Å²) >= 11 is 1.63. The van der Waals surface area contributed by atoms with Crippen LogP contribution in [0.1, 0.15) is 39.4 Å². The highest BCUT2D eigenvalue weighted by atomic mass is 32.2. The highest BCUT2D eigenvalue weighted by Crippen LogP contribution is 2.41. The smallest absolute Gasteiger partial charge is 0.390 e. The molecule has 3 saturated heterocycles. The molecule has 0 amide bonds.